The van der Waals surface area contributed by atoms with Crippen LogP contribution in [0, 0.1) is 0 Å². The van der Waals surface area contributed by atoms with Crippen molar-refractivity contribution in [2.45, 2.75) is 52.2 Å². The molecular weight excluding hydrogens is 372 g/mol. The van der Waals surface area contributed by atoms with Gasteiger partial charge in [-0.3, -0.25) is 5.10 Å². The molecule has 1 fully saturated rings. The highest BCUT2D eigenvalue weighted by molar-refractivity contribution is 6.06. The van der Waals surface area contributed by atoms with Crippen LogP contribution in [0.3, 0.4) is 0 Å². The number of nitrogens with zero attached hydrogens (tertiary/aromatic N) is 3. The van der Waals surface area contributed by atoms with Gasteiger partial charge in [-0.2, -0.15) is 5.10 Å². The van der Waals surface area contributed by atoms with E-state index in [1.165, 1.54) is 7.11 Å². The third-order valence-electron chi connectivity index (χ3n) is 5.21. The number of methoxy groups -OCH3 is 1. The molecule has 3 rings (SSSR count). The van der Waals surface area contributed by atoms with Crippen molar-refractivity contribution in [2.75, 3.05) is 31.6 Å². The van der Waals surface area contributed by atoms with Crippen LogP contribution in [0.25, 0.3) is 10.9 Å². The molecule has 2 heterocycles. The Hall–Kier alpha value is -2.77. The van der Waals surface area contributed by atoms with Crippen LogP contribution in [-0.4, -0.2) is 65.5 Å². The Morgan fingerprint density at radius 2 is 1.97 bits per heavy atom. The predicted molar refractivity (Wildman–Crippen MR) is 111 cm³/mol. The number of piperidine rings is 1. The SMILES string of the molecule is CCN(C(=O)OC(C)(C)C)C1CCN(c2ccc(C(=O)OC)c3[nH]ncc23)CC1. The molecule has 0 spiro atoms. The number of carbonyl (C=O) groups is 2. The van der Waals surface area contributed by atoms with Crippen molar-refractivity contribution in [1.29, 1.82) is 0 Å². The minimum Gasteiger partial charge on any atom is -0.465 e. The molecule has 158 valence electrons. The molecule has 1 aromatic heterocycles. The normalized spacial score (nSPS) is 15.4. The van der Waals surface area contributed by atoms with Crippen molar-refractivity contribution < 1.29 is 19.1 Å². The van der Waals surface area contributed by atoms with Crippen LogP contribution in [0.5, 0.6) is 0 Å². The molecule has 29 heavy (non-hydrogen) atoms. The number of benzene rings is 1. The summed E-state index contributed by atoms with van der Waals surface area (Å²) >= 11 is 0. The Kier molecular flexibility index (Phi) is 6.00. The monoisotopic (exact) mass is 402 g/mol. The standard InChI is InChI=1S/C21H30N4O4/c1-6-25(20(27)29-21(2,3)4)14-9-11-24(12-10-14)17-8-7-15(19(26)28-5)18-16(17)13-22-23-18/h7-8,13-14H,6,9-12H2,1-5H3,(H,22,23). The van der Waals surface area contributed by atoms with Crippen molar-refractivity contribution in [1.82, 2.24) is 15.1 Å². The summed E-state index contributed by atoms with van der Waals surface area (Å²) < 4.78 is 10.4. The quantitative estimate of drug-likeness (QED) is 0.787. The maximum absolute atomic E-state index is 12.5. The lowest BCUT2D eigenvalue weighted by molar-refractivity contribution is 0.0149. The van der Waals surface area contributed by atoms with Gasteiger partial charge in [-0.1, -0.05) is 0 Å². The van der Waals surface area contributed by atoms with E-state index in [-0.39, 0.29) is 18.1 Å². The van der Waals surface area contributed by atoms with Crippen molar-refractivity contribution >= 4 is 28.7 Å². The smallest absolute Gasteiger partial charge is 0.410 e. The number of nitrogens with one attached hydrogen (secondary N) is 1. The number of fused-ring (bicyclic) bond motifs is 1. The molecule has 0 bridgehead atoms. The Balaban J connectivity index is 1.73. The summed E-state index contributed by atoms with van der Waals surface area (Å²) in [5.74, 6) is -0.388. The lowest BCUT2D eigenvalue weighted by atomic mass is 10.0. The zero-order chi connectivity index (χ0) is 21.2. The molecule has 0 aliphatic carbocycles. The number of hydrogen-bond donors (Lipinski definition) is 1. The second-order valence-electron chi connectivity index (χ2n) is 8.27. The van der Waals surface area contributed by atoms with Crippen molar-refractivity contribution in [2.24, 2.45) is 0 Å². The van der Waals surface area contributed by atoms with Crippen LogP contribution in [0.4, 0.5) is 10.5 Å². The topological polar surface area (TPSA) is 87.8 Å². The molecule has 0 radical (unpaired) electrons. The number of hydrogen-bond acceptors (Lipinski definition) is 6. The van der Waals surface area contributed by atoms with Gasteiger partial charge in [0.2, 0.25) is 0 Å². The fraction of sp³-hybridized carbons (Fsp3) is 0.571. The van der Waals surface area contributed by atoms with E-state index in [9.17, 15) is 9.59 Å². The number of aromatic amines is 1. The van der Waals surface area contributed by atoms with E-state index in [2.05, 4.69) is 15.1 Å². The van der Waals surface area contributed by atoms with Crippen LogP contribution in [-0.2, 0) is 9.47 Å². The first-order chi connectivity index (χ1) is 13.7. The zero-order valence-corrected chi connectivity index (χ0v) is 17.8. The molecular formula is C21H30N4O4. The van der Waals surface area contributed by atoms with Gasteiger partial charge >= 0.3 is 12.1 Å². The predicted octanol–water partition coefficient (Wildman–Crippen LogP) is 3.58. The number of H-pyrrole nitrogens is 1. The maximum Gasteiger partial charge on any atom is 0.410 e. The first kappa shape index (κ1) is 21.0. The molecule has 1 aromatic carbocycles. The van der Waals surface area contributed by atoms with Gasteiger partial charge in [0.15, 0.2) is 0 Å². The number of amides is 1. The summed E-state index contributed by atoms with van der Waals surface area (Å²) in [5.41, 5.74) is 1.68. The van der Waals surface area contributed by atoms with Crippen LogP contribution in [0.15, 0.2) is 18.3 Å². The molecule has 1 saturated heterocycles. The van der Waals surface area contributed by atoms with Gasteiger partial charge < -0.3 is 19.3 Å². The van der Waals surface area contributed by atoms with Gasteiger partial charge in [0.05, 0.1) is 24.4 Å². The van der Waals surface area contributed by atoms with Crippen LogP contribution in [0.2, 0.25) is 0 Å². The first-order valence-corrected chi connectivity index (χ1v) is 10.0. The second kappa shape index (κ2) is 8.31. The van der Waals surface area contributed by atoms with E-state index >= 15 is 0 Å². The first-order valence-electron chi connectivity index (χ1n) is 10.0. The van der Waals surface area contributed by atoms with E-state index in [1.807, 2.05) is 38.7 Å². The highest BCUT2D eigenvalue weighted by Crippen LogP contribution is 2.31. The van der Waals surface area contributed by atoms with Crippen LogP contribution in [0.1, 0.15) is 50.9 Å². The van der Waals surface area contributed by atoms with E-state index in [4.69, 9.17) is 9.47 Å². The highest BCUT2D eigenvalue weighted by atomic mass is 16.6. The summed E-state index contributed by atoms with van der Waals surface area (Å²) in [6.07, 6.45) is 3.19. The number of anilines is 1. The molecule has 1 amide bonds. The number of carbonyl (C=O) groups excluding carboxylic acids is 2. The van der Waals surface area contributed by atoms with Gasteiger partial charge in [-0.15, -0.1) is 0 Å². The molecule has 0 saturated carbocycles. The van der Waals surface area contributed by atoms with E-state index < -0.39 is 5.60 Å². The molecule has 0 unspecified atom stereocenters. The van der Waals surface area contributed by atoms with Gasteiger partial charge in [-0.05, 0) is 52.7 Å². The summed E-state index contributed by atoms with van der Waals surface area (Å²) in [4.78, 5) is 28.6. The largest absolute Gasteiger partial charge is 0.465 e. The Bertz CT molecular complexity index is 878. The Morgan fingerprint density at radius 3 is 2.55 bits per heavy atom. The molecule has 1 aliphatic rings. The third kappa shape index (κ3) is 4.46. The van der Waals surface area contributed by atoms with Gasteiger partial charge in [0.25, 0.3) is 0 Å². The fourth-order valence-electron chi connectivity index (χ4n) is 3.85. The van der Waals surface area contributed by atoms with Gasteiger partial charge in [-0.25, -0.2) is 9.59 Å². The van der Waals surface area contributed by atoms with E-state index in [0.29, 0.717) is 17.6 Å². The zero-order valence-electron chi connectivity index (χ0n) is 17.8. The molecule has 8 heteroatoms. The number of aromatic nitrogens is 2. The summed E-state index contributed by atoms with van der Waals surface area (Å²) in [6, 6.07) is 3.86. The number of ether oxygens (including phenoxy) is 2. The highest BCUT2D eigenvalue weighted by Gasteiger charge is 2.31. The average Bonchev–Trinajstić information content (AvgIpc) is 3.16. The average molecular weight is 402 g/mol. The summed E-state index contributed by atoms with van der Waals surface area (Å²) in [6.45, 7) is 9.88. The maximum atomic E-state index is 12.5. The second-order valence-corrected chi connectivity index (χ2v) is 8.27. The number of esters is 1. The van der Waals surface area contributed by atoms with E-state index in [1.54, 1.807) is 12.3 Å². The minimum absolute atomic E-state index is 0.153. The summed E-state index contributed by atoms with van der Waals surface area (Å²) in [5, 5.41) is 7.92. The van der Waals surface area contributed by atoms with Gasteiger partial charge in [0.1, 0.15) is 5.60 Å². The van der Waals surface area contributed by atoms with Crippen LogP contribution >= 0.6 is 0 Å². The third-order valence-corrected chi connectivity index (χ3v) is 5.21. The lowest BCUT2D eigenvalue weighted by Gasteiger charge is -2.39. The summed E-state index contributed by atoms with van der Waals surface area (Å²) in [7, 11) is 1.37. The van der Waals surface area contributed by atoms with E-state index in [0.717, 1.165) is 37.0 Å². The molecule has 1 N–H and O–H groups in total. The molecule has 1 aliphatic heterocycles. The molecule has 2 aromatic rings. The minimum atomic E-state index is -0.501. The molecule has 0 atom stereocenters. The van der Waals surface area contributed by atoms with Gasteiger partial charge in [0, 0.05) is 36.7 Å². The fourth-order valence-corrected chi connectivity index (χ4v) is 3.85. The lowest BCUT2D eigenvalue weighted by Crippen LogP contribution is -2.48. The van der Waals surface area contributed by atoms with Crippen LogP contribution < -0.4 is 4.90 Å². The van der Waals surface area contributed by atoms with Crippen molar-refractivity contribution in [3.8, 4) is 0 Å². The van der Waals surface area contributed by atoms with Crippen molar-refractivity contribution in [3.63, 3.8) is 0 Å². The Morgan fingerprint density at radius 1 is 1.28 bits per heavy atom. The van der Waals surface area contributed by atoms with Crippen molar-refractivity contribution in [3.05, 3.63) is 23.9 Å². The molecule has 8 nitrogen and oxygen atoms in total. The Labute approximate surface area is 171 Å². The number of rotatable bonds is 4.